The molecule has 0 unspecified atom stereocenters. The van der Waals surface area contributed by atoms with Gasteiger partial charge >= 0.3 is 0 Å². The zero-order valence-electron chi connectivity index (χ0n) is 14.0. The predicted octanol–water partition coefficient (Wildman–Crippen LogP) is 2.43. The van der Waals surface area contributed by atoms with Crippen LogP contribution in [0.5, 0.6) is 0 Å². The first-order valence-electron chi connectivity index (χ1n) is 7.90. The zero-order valence-corrected chi connectivity index (χ0v) is 14.8. The second-order valence-electron chi connectivity index (χ2n) is 6.28. The summed E-state index contributed by atoms with van der Waals surface area (Å²) >= 11 is 1.59. The summed E-state index contributed by atoms with van der Waals surface area (Å²) in [7, 11) is 1.71. The highest BCUT2D eigenvalue weighted by Gasteiger charge is 2.34. The van der Waals surface area contributed by atoms with Crippen molar-refractivity contribution in [2.24, 2.45) is 0 Å². The van der Waals surface area contributed by atoms with E-state index in [0.717, 1.165) is 10.7 Å². The predicted molar refractivity (Wildman–Crippen MR) is 88.8 cm³/mol. The van der Waals surface area contributed by atoms with Crippen LogP contribution in [0, 0.1) is 13.8 Å². The molecule has 3 heterocycles. The molecular formula is C16H21FN4O2S. The van der Waals surface area contributed by atoms with Crippen molar-refractivity contribution in [2.45, 2.75) is 39.0 Å². The van der Waals surface area contributed by atoms with Gasteiger partial charge in [-0.3, -0.25) is 9.69 Å². The van der Waals surface area contributed by atoms with Crippen LogP contribution in [0.3, 0.4) is 0 Å². The van der Waals surface area contributed by atoms with E-state index < -0.39 is 6.17 Å². The van der Waals surface area contributed by atoms with Crippen LogP contribution in [-0.2, 0) is 6.54 Å². The monoisotopic (exact) mass is 352 g/mol. The molecule has 0 saturated carbocycles. The number of amides is 1. The zero-order chi connectivity index (χ0) is 17.3. The molecule has 2 aromatic heterocycles. The van der Waals surface area contributed by atoms with Gasteiger partial charge in [0.25, 0.3) is 5.91 Å². The lowest BCUT2D eigenvalue weighted by Gasteiger charge is -2.27. The van der Waals surface area contributed by atoms with Gasteiger partial charge in [0.05, 0.1) is 10.7 Å². The van der Waals surface area contributed by atoms with E-state index in [-0.39, 0.29) is 17.6 Å². The SMILES string of the molecule is Cc1cc(C(=O)N(C)C[C@@H]2C[C@H](F)CN2Cc2csc(C)n2)no1. The first-order valence-corrected chi connectivity index (χ1v) is 8.78. The van der Waals surface area contributed by atoms with Gasteiger partial charge in [-0.05, 0) is 20.3 Å². The maximum atomic E-state index is 13.9. The maximum Gasteiger partial charge on any atom is 0.275 e. The Bertz CT molecular complexity index is 717. The van der Waals surface area contributed by atoms with E-state index in [0.29, 0.717) is 31.8 Å². The lowest BCUT2D eigenvalue weighted by Crippen LogP contribution is -2.41. The average Bonchev–Trinajstić information content (AvgIpc) is 3.21. The second-order valence-corrected chi connectivity index (χ2v) is 7.34. The van der Waals surface area contributed by atoms with Gasteiger partial charge in [-0.25, -0.2) is 9.37 Å². The van der Waals surface area contributed by atoms with Gasteiger partial charge < -0.3 is 9.42 Å². The Morgan fingerprint density at radius 3 is 2.96 bits per heavy atom. The molecule has 0 radical (unpaired) electrons. The molecule has 24 heavy (non-hydrogen) atoms. The van der Waals surface area contributed by atoms with E-state index in [1.54, 1.807) is 36.3 Å². The van der Waals surface area contributed by atoms with Crippen LogP contribution < -0.4 is 0 Å². The van der Waals surface area contributed by atoms with Crippen molar-refractivity contribution in [3.8, 4) is 0 Å². The van der Waals surface area contributed by atoms with E-state index in [1.165, 1.54) is 0 Å². The van der Waals surface area contributed by atoms with Crippen LogP contribution in [-0.4, -0.2) is 58.2 Å². The molecule has 1 fully saturated rings. The molecule has 130 valence electrons. The normalized spacial score (nSPS) is 21.3. The summed E-state index contributed by atoms with van der Waals surface area (Å²) in [6.07, 6.45) is -0.439. The van der Waals surface area contributed by atoms with Crippen LogP contribution in [0.2, 0.25) is 0 Å². The van der Waals surface area contributed by atoms with Gasteiger partial charge in [0.15, 0.2) is 5.69 Å². The Balaban J connectivity index is 1.64. The summed E-state index contributed by atoms with van der Waals surface area (Å²) in [6, 6.07) is 1.59. The Labute approximate surface area is 144 Å². The number of likely N-dealkylation sites (N-methyl/N-ethyl adjacent to an activating group) is 1. The molecule has 1 aliphatic rings. The molecule has 0 N–H and O–H groups in total. The topological polar surface area (TPSA) is 62.5 Å². The van der Waals surface area contributed by atoms with E-state index in [4.69, 9.17) is 4.52 Å². The first kappa shape index (κ1) is 17.0. The van der Waals surface area contributed by atoms with Crippen molar-refractivity contribution in [3.63, 3.8) is 0 Å². The van der Waals surface area contributed by atoms with Crippen LogP contribution in [0.1, 0.15) is 33.4 Å². The molecule has 2 atom stereocenters. The minimum atomic E-state index is -0.868. The molecule has 8 heteroatoms. The number of halogens is 1. The Kier molecular flexibility index (Phi) is 4.96. The highest BCUT2D eigenvalue weighted by atomic mass is 32.1. The fraction of sp³-hybridized carbons (Fsp3) is 0.562. The number of nitrogens with zero attached hydrogens (tertiary/aromatic N) is 4. The van der Waals surface area contributed by atoms with Crippen LogP contribution in [0.15, 0.2) is 16.0 Å². The van der Waals surface area contributed by atoms with Crippen molar-refractivity contribution in [1.82, 2.24) is 19.9 Å². The minimum Gasteiger partial charge on any atom is -0.361 e. The van der Waals surface area contributed by atoms with Crippen LogP contribution >= 0.6 is 11.3 Å². The number of likely N-dealkylation sites (tertiary alicyclic amines) is 1. The summed E-state index contributed by atoms with van der Waals surface area (Å²) in [6.45, 7) is 5.15. The molecule has 0 aliphatic carbocycles. The molecule has 2 aromatic rings. The molecule has 3 rings (SSSR count). The molecule has 1 amide bonds. The van der Waals surface area contributed by atoms with E-state index in [9.17, 15) is 9.18 Å². The number of rotatable bonds is 5. The van der Waals surface area contributed by atoms with Gasteiger partial charge in [0.1, 0.15) is 11.9 Å². The van der Waals surface area contributed by atoms with Gasteiger partial charge in [-0.2, -0.15) is 0 Å². The van der Waals surface area contributed by atoms with Crippen molar-refractivity contribution >= 4 is 17.2 Å². The van der Waals surface area contributed by atoms with Crippen LogP contribution in [0.25, 0.3) is 0 Å². The lowest BCUT2D eigenvalue weighted by molar-refractivity contribution is 0.0739. The Morgan fingerprint density at radius 2 is 2.33 bits per heavy atom. The molecule has 0 aromatic carbocycles. The number of aromatic nitrogens is 2. The average molecular weight is 352 g/mol. The Hall–Kier alpha value is -1.80. The minimum absolute atomic E-state index is 0.0241. The third-order valence-corrected chi connectivity index (χ3v) is 5.01. The summed E-state index contributed by atoms with van der Waals surface area (Å²) in [4.78, 5) is 20.5. The fourth-order valence-corrected chi connectivity index (χ4v) is 3.66. The standard InChI is InChI=1S/C16H21FN4O2S/c1-10-4-15(19-23-10)16(22)20(3)8-14-5-12(17)6-21(14)7-13-9-24-11(2)18-13/h4,9,12,14H,5-8H2,1-3H3/t12-,14-/m0/s1. The second kappa shape index (κ2) is 6.98. The summed E-state index contributed by atoms with van der Waals surface area (Å²) < 4.78 is 18.9. The third kappa shape index (κ3) is 3.81. The van der Waals surface area contributed by atoms with Crippen molar-refractivity contribution < 1.29 is 13.7 Å². The van der Waals surface area contributed by atoms with E-state index in [2.05, 4.69) is 15.0 Å². The smallest absolute Gasteiger partial charge is 0.275 e. The number of hydrogen-bond donors (Lipinski definition) is 0. The number of aryl methyl sites for hydroxylation is 2. The molecular weight excluding hydrogens is 331 g/mol. The highest BCUT2D eigenvalue weighted by molar-refractivity contribution is 7.09. The fourth-order valence-electron chi connectivity index (χ4n) is 3.06. The first-order chi connectivity index (χ1) is 11.4. The lowest BCUT2D eigenvalue weighted by atomic mass is 10.2. The number of alkyl halides is 1. The quantitative estimate of drug-likeness (QED) is 0.827. The number of hydrogen-bond acceptors (Lipinski definition) is 6. The molecule has 1 saturated heterocycles. The van der Waals surface area contributed by atoms with E-state index in [1.807, 2.05) is 12.3 Å². The van der Waals surface area contributed by atoms with Crippen molar-refractivity contribution in [1.29, 1.82) is 0 Å². The number of thiazole rings is 1. The van der Waals surface area contributed by atoms with Gasteiger partial charge in [0.2, 0.25) is 0 Å². The summed E-state index contributed by atoms with van der Waals surface area (Å²) in [5.41, 5.74) is 1.24. The largest absolute Gasteiger partial charge is 0.361 e. The van der Waals surface area contributed by atoms with E-state index >= 15 is 0 Å². The molecule has 6 nitrogen and oxygen atoms in total. The Morgan fingerprint density at radius 1 is 1.54 bits per heavy atom. The van der Waals surface area contributed by atoms with Crippen molar-refractivity contribution in [2.75, 3.05) is 20.1 Å². The van der Waals surface area contributed by atoms with Gasteiger partial charge in [0, 0.05) is 44.2 Å². The van der Waals surface area contributed by atoms with Crippen LogP contribution in [0.4, 0.5) is 4.39 Å². The third-order valence-electron chi connectivity index (χ3n) is 4.19. The molecule has 0 bridgehead atoms. The molecule has 1 aliphatic heterocycles. The number of carbonyl (C=O) groups is 1. The summed E-state index contributed by atoms with van der Waals surface area (Å²) in [5, 5.41) is 6.76. The summed E-state index contributed by atoms with van der Waals surface area (Å²) in [5.74, 6) is 0.385. The maximum absolute atomic E-state index is 13.9. The van der Waals surface area contributed by atoms with Crippen molar-refractivity contribution in [3.05, 3.63) is 33.6 Å². The van der Waals surface area contributed by atoms with Gasteiger partial charge in [-0.15, -0.1) is 11.3 Å². The highest BCUT2D eigenvalue weighted by Crippen LogP contribution is 2.24. The van der Waals surface area contributed by atoms with Gasteiger partial charge in [-0.1, -0.05) is 5.16 Å². The number of carbonyl (C=O) groups excluding carboxylic acids is 1. The molecule has 0 spiro atoms.